The Hall–Kier alpha value is -2.38. The smallest absolute Gasteiger partial charge is 0.332 e. The van der Waals surface area contributed by atoms with Crippen LogP contribution in [0.2, 0.25) is 0 Å². The molecule has 0 fully saturated rings. The van der Waals surface area contributed by atoms with Crippen molar-refractivity contribution in [3.05, 3.63) is 59.5 Å². The summed E-state index contributed by atoms with van der Waals surface area (Å²) in [7, 11) is 6.25. The van der Waals surface area contributed by atoms with Crippen molar-refractivity contribution >= 4 is 27.8 Å². The first-order valence-corrected chi connectivity index (χ1v) is 8.83. The molecule has 0 aliphatic rings. The van der Waals surface area contributed by atoms with Gasteiger partial charge in [0.1, 0.15) is 5.69 Å². The number of anilines is 2. The predicted molar refractivity (Wildman–Crippen MR) is 102 cm³/mol. The van der Waals surface area contributed by atoms with Crippen molar-refractivity contribution in [3.8, 4) is 11.3 Å². The fourth-order valence-corrected chi connectivity index (χ4v) is 3.18. The predicted octanol–water partition coefficient (Wildman–Crippen LogP) is 5.77. The number of benzene rings is 2. The van der Waals surface area contributed by atoms with E-state index in [1.807, 2.05) is 17.5 Å². The lowest BCUT2D eigenvalue weighted by molar-refractivity contribution is -0.137. The molecule has 2 aromatic carbocycles. The van der Waals surface area contributed by atoms with Crippen LogP contribution in [0.3, 0.4) is 0 Å². The van der Waals surface area contributed by atoms with E-state index in [0.717, 1.165) is 29.1 Å². The number of alkyl halides is 3. The summed E-state index contributed by atoms with van der Waals surface area (Å²) < 4.78 is 39.2. The zero-order chi connectivity index (χ0) is 18.9. The molecule has 136 valence electrons. The number of thiazole rings is 1. The Labute approximate surface area is 154 Å². The standard InChI is InChI=1S/C19H19F3N3S/c1-25(2,3)16-9-4-6-13(10-16)17-12-26-18(24-17)23-15-8-5-7-14(11-15)19(20,21)22/h4-12H,1-3H3,(H,23,24)/q+1. The molecule has 1 aromatic heterocycles. The van der Waals surface area contributed by atoms with Crippen LogP contribution < -0.4 is 9.80 Å². The fourth-order valence-electron chi connectivity index (χ4n) is 2.44. The van der Waals surface area contributed by atoms with Gasteiger partial charge in [-0.2, -0.15) is 13.2 Å². The van der Waals surface area contributed by atoms with Crippen LogP contribution in [0.4, 0.5) is 29.7 Å². The Morgan fingerprint density at radius 1 is 1.00 bits per heavy atom. The second-order valence-electron chi connectivity index (χ2n) is 6.80. The number of quaternary nitrogens is 1. The van der Waals surface area contributed by atoms with Crippen LogP contribution in [0.5, 0.6) is 0 Å². The fraction of sp³-hybridized carbons (Fsp3) is 0.211. The molecule has 1 N–H and O–H groups in total. The van der Waals surface area contributed by atoms with Crippen LogP contribution >= 0.6 is 11.3 Å². The minimum atomic E-state index is -4.36. The number of nitrogens with zero attached hydrogens (tertiary/aromatic N) is 2. The molecule has 0 unspecified atom stereocenters. The van der Waals surface area contributed by atoms with Crippen LogP contribution in [-0.2, 0) is 6.18 Å². The zero-order valence-corrected chi connectivity index (χ0v) is 15.4. The molecule has 3 aromatic rings. The van der Waals surface area contributed by atoms with Gasteiger partial charge in [-0.05, 0) is 24.3 Å². The van der Waals surface area contributed by atoms with Crippen molar-refractivity contribution in [1.29, 1.82) is 0 Å². The maximum absolute atomic E-state index is 12.8. The first-order valence-electron chi connectivity index (χ1n) is 7.95. The van der Waals surface area contributed by atoms with Gasteiger partial charge in [0, 0.05) is 22.7 Å². The number of rotatable bonds is 4. The summed E-state index contributed by atoms with van der Waals surface area (Å²) in [5.41, 5.74) is 2.59. The van der Waals surface area contributed by atoms with Gasteiger partial charge in [0.05, 0.1) is 32.4 Å². The quantitative estimate of drug-likeness (QED) is 0.583. The van der Waals surface area contributed by atoms with E-state index in [1.165, 1.54) is 17.4 Å². The third kappa shape index (κ3) is 4.23. The summed E-state index contributed by atoms with van der Waals surface area (Å²) >= 11 is 1.36. The van der Waals surface area contributed by atoms with Crippen LogP contribution in [0.25, 0.3) is 11.3 Å². The Morgan fingerprint density at radius 2 is 1.73 bits per heavy atom. The molecule has 7 heteroatoms. The monoisotopic (exact) mass is 378 g/mol. The Balaban J connectivity index is 1.83. The van der Waals surface area contributed by atoms with Gasteiger partial charge in [0.15, 0.2) is 5.13 Å². The molecule has 0 aliphatic heterocycles. The van der Waals surface area contributed by atoms with Gasteiger partial charge >= 0.3 is 6.18 Å². The molecule has 3 rings (SSSR count). The van der Waals surface area contributed by atoms with Gasteiger partial charge < -0.3 is 5.32 Å². The molecular formula is C19H19F3N3S+. The van der Waals surface area contributed by atoms with Crippen molar-refractivity contribution in [3.63, 3.8) is 0 Å². The second-order valence-corrected chi connectivity index (χ2v) is 7.66. The lowest BCUT2D eigenvalue weighted by atomic mass is 10.1. The lowest BCUT2D eigenvalue weighted by Crippen LogP contribution is -2.34. The lowest BCUT2D eigenvalue weighted by Gasteiger charge is -2.23. The van der Waals surface area contributed by atoms with Crippen molar-refractivity contribution in [2.24, 2.45) is 0 Å². The molecule has 1 heterocycles. The van der Waals surface area contributed by atoms with Gasteiger partial charge in [0.2, 0.25) is 0 Å². The van der Waals surface area contributed by atoms with Crippen molar-refractivity contribution < 1.29 is 13.2 Å². The molecule has 0 saturated carbocycles. The van der Waals surface area contributed by atoms with Crippen LogP contribution in [-0.4, -0.2) is 26.1 Å². The molecule has 26 heavy (non-hydrogen) atoms. The summed E-state index contributed by atoms with van der Waals surface area (Å²) in [6.07, 6.45) is -4.36. The third-order valence-corrected chi connectivity index (χ3v) is 4.62. The van der Waals surface area contributed by atoms with Gasteiger partial charge in [-0.1, -0.05) is 18.2 Å². The average Bonchev–Trinajstić information content (AvgIpc) is 3.02. The minimum Gasteiger partial charge on any atom is -0.332 e. The highest BCUT2D eigenvalue weighted by Gasteiger charge is 2.30. The maximum Gasteiger partial charge on any atom is 0.416 e. The molecular weight excluding hydrogens is 359 g/mol. The van der Waals surface area contributed by atoms with Crippen LogP contribution in [0, 0.1) is 0 Å². The molecule has 0 atom stereocenters. The SMILES string of the molecule is C[N+](C)(C)c1cccc(-c2csc(Nc3cccc(C(F)(F)F)c3)n2)c1. The Kier molecular flexibility index (Phi) is 4.77. The number of aromatic nitrogens is 1. The summed E-state index contributed by atoms with van der Waals surface area (Å²) in [5, 5.41) is 5.40. The number of hydrogen-bond acceptors (Lipinski definition) is 3. The topological polar surface area (TPSA) is 24.9 Å². The van der Waals surface area contributed by atoms with Gasteiger partial charge in [-0.3, -0.25) is 4.48 Å². The summed E-state index contributed by atoms with van der Waals surface area (Å²) in [6.45, 7) is 0. The molecule has 0 saturated heterocycles. The van der Waals surface area contributed by atoms with E-state index in [0.29, 0.717) is 15.3 Å². The molecule has 0 radical (unpaired) electrons. The number of halogens is 3. The zero-order valence-electron chi connectivity index (χ0n) is 14.6. The molecule has 0 spiro atoms. The van der Waals surface area contributed by atoms with Crippen molar-refractivity contribution in [1.82, 2.24) is 9.47 Å². The maximum atomic E-state index is 12.8. The first-order chi connectivity index (χ1) is 12.1. The minimum absolute atomic E-state index is 0.362. The van der Waals surface area contributed by atoms with E-state index in [9.17, 15) is 13.2 Å². The third-order valence-electron chi connectivity index (χ3n) is 3.86. The van der Waals surface area contributed by atoms with Crippen molar-refractivity contribution in [2.75, 3.05) is 26.5 Å². The van der Waals surface area contributed by atoms with E-state index >= 15 is 0 Å². The normalized spacial score (nSPS) is 12.2. The summed E-state index contributed by atoms with van der Waals surface area (Å²) in [5.74, 6) is 0. The summed E-state index contributed by atoms with van der Waals surface area (Å²) in [6, 6.07) is 13.2. The molecule has 0 aliphatic carbocycles. The number of nitrogens with one attached hydrogen (secondary N) is 1. The number of hydrogen-bond donors (Lipinski definition) is 1. The Morgan fingerprint density at radius 3 is 2.42 bits per heavy atom. The second kappa shape index (κ2) is 6.74. The molecule has 0 bridgehead atoms. The van der Waals surface area contributed by atoms with Crippen LogP contribution in [0.15, 0.2) is 53.9 Å². The van der Waals surface area contributed by atoms with Gasteiger partial charge in [-0.25, -0.2) is 4.98 Å². The molecule has 0 amide bonds. The summed E-state index contributed by atoms with van der Waals surface area (Å²) in [4.78, 5) is 4.51. The van der Waals surface area contributed by atoms with E-state index < -0.39 is 11.7 Å². The average molecular weight is 378 g/mol. The van der Waals surface area contributed by atoms with Crippen molar-refractivity contribution in [2.45, 2.75) is 6.18 Å². The van der Waals surface area contributed by atoms with Gasteiger partial charge in [-0.15, -0.1) is 11.3 Å². The highest BCUT2D eigenvalue weighted by Crippen LogP contribution is 2.33. The highest BCUT2D eigenvalue weighted by atomic mass is 32.1. The van der Waals surface area contributed by atoms with Crippen LogP contribution in [0.1, 0.15) is 5.56 Å². The Bertz CT molecular complexity index is 911. The first kappa shape index (κ1) is 18.4. The molecule has 3 nitrogen and oxygen atoms in total. The van der Waals surface area contributed by atoms with E-state index in [-0.39, 0.29) is 0 Å². The van der Waals surface area contributed by atoms with E-state index in [2.05, 4.69) is 43.6 Å². The van der Waals surface area contributed by atoms with E-state index in [4.69, 9.17) is 0 Å². The largest absolute Gasteiger partial charge is 0.416 e. The highest BCUT2D eigenvalue weighted by molar-refractivity contribution is 7.14. The van der Waals surface area contributed by atoms with E-state index in [1.54, 1.807) is 6.07 Å². The van der Waals surface area contributed by atoms with Gasteiger partial charge in [0.25, 0.3) is 0 Å².